The summed E-state index contributed by atoms with van der Waals surface area (Å²) in [6.45, 7) is 5.15. The minimum Gasteiger partial charge on any atom is -0.340 e. The number of hydrogen-bond donors (Lipinski definition) is 2. The van der Waals surface area contributed by atoms with E-state index < -0.39 is 0 Å². The zero-order valence-electron chi connectivity index (χ0n) is 15.9. The fourth-order valence-corrected chi connectivity index (χ4v) is 3.03. The van der Waals surface area contributed by atoms with Crippen LogP contribution in [0.15, 0.2) is 42.6 Å². The van der Waals surface area contributed by atoms with Crippen molar-refractivity contribution in [3.63, 3.8) is 0 Å². The maximum atomic E-state index is 12.8. The molecule has 1 saturated heterocycles. The van der Waals surface area contributed by atoms with Gasteiger partial charge in [0.2, 0.25) is 11.8 Å². The first kappa shape index (κ1) is 19.3. The molecule has 0 atom stereocenters. The molecule has 8 heteroatoms. The predicted molar refractivity (Wildman–Crippen MR) is 106 cm³/mol. The molecule has 1 aromatic carbocycles. The van der Waals surface area contributed by atoms with Gasteiger partial charge in [0.15, 0.2) is 0 Å². The van der Waals surface area contributed by atoms with Crippen molar-refractivity contribution in [1.82, 2.24) is 14.8 Å². The van der Waals surface area contributed by atoms with Crippen LogP contribution >= 0.6 is 0 Å². The zero-order chi connectivity index (χ0) is 20.1. The summed E-state index contributed by atoms with van der Waals surface area (Å²) < 4.78 is 0. The van der Waals surface area contributed by atoms with E-state index in [4.69, 9.17) is 0 Å². The van der Waals surface area contributed by atoms with Crippen molar-refractivity contribution in [1.29, 1.82) is 0 Å². The maximum Gasteiger partial charge on any atom is 0.254 e. The lowest BCUT2D eigenvalue weighted by atomic mass is 10.2. The molecule has 0 saturated carbocycles. The molecule has 2 heterocycles. The molecule has 2 N–H and O–H groups in total. The summed E-state index contributed by atoms with van der Waals surface area (Å²) in [5.74, 6) is 0.389. The number of rotatable bonds is 4. The van der Waals surface area contributed by atoms with E-state index in [1.807, 2.05) is 12.1 Å². The van der Waals surface area contributed by atoms with Crippen LogP contribution in [0, 0.1) is 0 Å². The second-order valence-electron chi connectivity index (χ2n) is 6.61. The summed E-state index contributed by atoms with van der Waals surface area (Å²) in [7, 11) is 0. The summed E-state index contributed by atoms with van der Waals surface area (Å²) in [6.07, 6.45) is 1.59. The van der Waals surface area contributed by atoms with Gasteiger partial charge in [0.25, 0.3) is 5.91 Å². The number of piperazine rings is 1. The van der Waals surface area contributed by atoms with E-state index in [1.165, 1.54) is 6.92 Å². The lowest BCUT2D eigenvalue weighted by Gasteiger charge is -2.34. The molecule has 1 fully saturated rings. The first-order chi connectivity index (χ1) is 13.4. The monoisotopic (exact) mass is 381 g/mol. The van der Waals surface area contributed by atoms with Gasteiger partial charge in [-0.2, -0.15) is 0 Å². The fourth-order valence-electron chi connectivity index (χ4n) is 3.03. The number of hydrogen-bond acceptors (Lipinski definition) is 5. The first-order valence-corrected chi connectivity index (χ1v) is 9.08. The van der Waals surface area contributed by atoms with E-state index >= 15 is 0 Å². The Morgan fingerprint density at radius 3 is 2.11 bits per heavy atom. The summed E-state index contributed by atoms with van der Waals surface area (Å²) in [4.78, 5) is 43.0. The summed E-state index contributed by atoms with van der Waals surface area (Å²) in [6, 6.07) is 10.6. The molecule has 0 radical (unpaired) electrons. The van der Waals surface area contributed by atoms with E-state index in [0.717, 1.165) is 5.69 Å². The minimum absolute atomic E-state index is 0.0343. The first-order valence-electron chi connectivity index (χ1n) is 9.08. The van der Waals surface area contributed by atoms with Crippen LogP contribution in [-0.2, 0) is 9.59 Å². The zero-order valence-corrected chi connectivity index (χ0v) is 15.9. The van der Waals surface area contributed by atoms with E-state index in [2.05, 4.69) is 15.6 Å². The average molecular weight is 381 g/mol. The molecule has 3 amide bonds. The summed E-state index contributed by atoms with van der Waals surface area (Å²) >= 11 is 0. The SMILES string of the molecule is CC(=O)Nc1ccc(Nc2cc(C(=O)N3CCN(C(C)=O)CC3)ccn2)cc1. The van der Waals surface area contributed by atoms with Crippen LogP contribution in [0.1, 0.15) is 24.2 Å². The van der Waals surface area contributed by atoms with Gasteiger partial charge in [-0.25, -0.2) is 4.98 Å². The number of benzene rings is 1. The summed E-state index contributed by atoms with van der Waals surface area (Å²) in [5.41, 5.74) is 2.05. The minimum atomic E-state index is -0.127. The van der Waals surface area contributed by atoms with Gasteiger partial charge in [0.1, 0.15) is 5.82 Å². The van der Waals surface area contributed by atoms with Gasteiger partial charge in [0, 0.05) is 63.2 Å². The summed E-state index contributed by atoms with van der Waals surface area (Å²) in [5, 5.41) is 5.87. The van der Waals surface area contributed by atoms with Crippen LogP contribution in [0.2, 0.25) is 0 Å². The van der Waals surface area contributed by atoms with Gasteiger partial charge in [-0.15, -0.1) is 0 Å². The van der Waals surface area contributed by atoms with Gasteiger partial charge < -0.3 is 20.4 Å². The van der Waals surface area contributed by atoms with Gasteiger partial charge >= 0.3 is 0 Å². The quantitative estimate of drug-likeness (QED) is 0.846. The standard InChI is InChI=1S/C20H23N5O3/c1-14(26)22-17-3-5-18(6-4-17)23-19-13-16(7-8-21-19)20(28)25-11-9-24(10-12-25)15(2)27/h3-8,13H,9-12H2,1-2H3,(H,21,23)(H,22,26). The molecule has 3 rings (SSSR count). The second-order valence-corrected chi connectivity index (χ2v) is 6.61. The molecular formula is C20H23N5O3. The number of carbonyl (C=O) groups is 3. The molecule has 28 heavy (non-hydrogen) atoms. The molecule has 146 valence electrons. The average Bonchev–Trinajstić information content (AvgIpc) is 2.69. The molecule has 1 aliphatic rings. The van der Waals surface area contributed by atoms with Crippen molar-refractivity contribution in [2.45, 2.75) is 13.8 Å². The van der Waals surface area contributed by atoms with E-state index in [9.17, 15) is 14.4 Å². The van der Waals surface area contributed by atoms with E-state index in [1.54, 1.807) is 47.2 Å². The largest absolute Gasteiger partial charge is 0.340 e. The van der Waals surface area contributed by atoms with Crippen LogP contribution in [0.25, 0.3) is 0 Å². The molecule has 2 aromatic rings. The van der Waals surface area contributed by atoms with Crippen molar-refractivity contribution < 1.29 is 14.4 Å². The third-order valence-corrected chi connectivity index (χ3v) is 4.50. The molecule has 1 aromatic heterocycles. The van der Waals surface area contributed by atoms with Crippen molar-refractivity contribution >= 4 is 34.9 Å². The molecule has 0 bridgehead atoms. The fraction of sp³-hybridized carbons (Fsp3) is 0.300. The topological polar surface area (TPSA) is 94.6 Å². The van der Waals surface area contributed by atoms with Crippen molar-refractivity contribution in [2.24, 2.45) is 0 Å². The Morgan fingerprint density at radius 2 is 1.50 bits per heavy atom. The van der Waals surface area contributed by atoms with Crippen LogP contribution in [0.3, 0.4) is 0 Å². The Morgan fingerprint density at radius 1 is 0.893 bits per heavy atom. The maximum absolute atomic E-state index is 12.8. The number of carbonyl (C=O) groups excluding carboxylic acids is 3. The number of anilines is 3. The van der Waals surface area contributed by atoms with Crippen LogP contribution in [0.4, 0.5) is 17.2 Å². The number of pyridine rings is 1. The van der Waals surface area contributed by atoms with Crippen molar-refractivity contribution in [3.8, 4) is 0 Å². The Labute approximate surface area is 163 Å². The lowest BCUT2D eigenvalue weighted by Crippen LogP contribution is -2.50. The van der Waals surface area contributed by atoms with Crippen molar-refractivity contribution in [2.75, 3.05) is 36.8 Å². The Bertz CT molecular complexity index is 874. The van der Waals surface area contributed by atoms with Gasteiger partial charge in [-0.3, -0.25) is 14.4 Å². The van der Waals surface area contributed by atoms with Crippen LogP contribution in [0.5, 0.6) is 0 Å². The highest BCUT2D eigenvalue weighted by Crippen LogP contribution is 2.19. The van der Waals surface area contributed by atoms with Gasteiger partial charge in [-0.05, 0) is 36.4 Å². The predicted octanol–water partition coefficient (Wildman–Crippen LogP) is 2.09. The number of amides is 3. The Balaban J connectivity index is 1.64. The number of nitrogens with one attached hydrogen (secondary N) is 2. The molecule has 1 aliphatic heterocycles. The Kier molecular flexibility index (Phi) is 5.88. The number of aromatic nitrogens is 1. The third-order valence-electron chi connectivity index (χ3n) is 4.50. The van der Waals surface area contributed by atoms with Gasteiger partial charge in [-0.1, -0.05) is 0 Å². The highest BCUT2D eigenvalue weighted by atomic mass is 16.2. The second kappa shape index (κ2) is 8.51. The van der Waals surface area contributed by atoms with E-state index in [0.29, 0.717) is 43.2 Å². The molecule has 0 spiro atoms. The molecular weight excluding hydrogens is 358 g/mol. The van der Waals surface area contributed by atoms with Crippen molar-refractivity contribution in [3.05, 3.63) is 48.2 Å². The van der Waals surface area contributed by atoms with Crippen LogP contribution in [-0.4, -0.2) is 58.7 Å². The molecule has 8 nitrogen and oxygen atoms in total. The lowest BCUT2D eigenvalue weighted by molar-refractivity contribution is -0.130. The Hall–Kier alpha value is -3.42. The molecule has 0 unspecified atom stereocenters. The highest BCUT2D eigenvalue weighted by molar-refractivity contribution is 5.95. The number of nitrogens with zero attached hydrogens (tertiary/aromatic N) is 3. The van der Waals surface area contributed by atoms with E-state index in [-0.39, 0.29) is 17.7 Å². The highest BCUT2D eigenvalue weighted by Gasteiger charge is 2.23. The third kappa shape index (κ3) is 4.85. The van der Waals surface area contributed by atoms with Gasteiger partial charge in [0.05, 0.1) is 0 Å². The normalized spacial score (nSPS) is 13.8. The van der Waals surface area contributed by atoms with Crippen LogP contribution < -0.4 is 10.6 Å². The smallest absolute Gasteiger partial charge is 0.254 e. The molecule has 0 aliphatic carbocycles.